The van der Waals surface area contributed by atoms with Crippen molar-refractivity contribution in [1.29, 1.82) is 0 Å². The van der Waals surface area contributed by atoms with E-state index in [1.807, 2.05) is 18.2 Å². The highest BCUT2D eigenvalue weighted by Gasteiger charge is 2.11. The monoisotopic (exact) mass is 434 g/mol. The largest absolute Gasteiger partial charge is 0.486 e. The Kier molecular flexibility index (Phi) is 6.52. The summed E-state index contributed by atoms with van der Waals surface area (Å²) in [5.41, 5.74) is 2.06. The van der Waals surface area contributed by atoms with Gasteiger partial charge in [0.05, 0.1) is 20.7 Å². The molecule has 8 heteroatoms. The third kappa shape index (κ3) is 5.01. The van der Waals surface area contributed by atoms with Crippen molar-refractivity contribution in [2.24, 2.45) is 4.99 Å². The predicted molar refractivity (Wildman–Crippen MR) is 113 cm³/mol. The Bertz CT molecular complexity index is 1010. The molecular formula is C20H13Cl3N2O3. The molecule has 0 atom stereocenters. The number of nitrogens with zero attached hydrogens (tertiary/aromatic N) is 2. The highest BCUT2D eigenvalue weighted by atomic mass is 35.5. The number of rotatable bonds is 6. The average Bonchev–Trinajstić information content (AvgIpc) is 2.67. The van der Waals surface area contributed by atoms with Gasteiger partial charge in [0.25, 0.3) is 5.69 Å². The summed E-state index contributed by atoms with van der Waals surface area (Å²) in [4.78, 5) is 14.5. The molecule has 0 N–H and O–H groups in total. The molecule has 0 aromatic heterocycles. The Morgan fingerprint density at radius 3 is 2.21 bits per heavy atom. The van der Waals surface area contributed by atoms with E-state index in [1.165, 1.54) is 12.1 Å². The van der Waals surface area contributed by atoms with Gasteiger partial charge in [-0.15, -0.1) is 0 Å². The zero-order valence-corrected chi connectivity index (χ0v) is 16.6. The lowest BCUT2D eigenvalue weighted by molar-refractivity contribution is -0.384. The summed E-state index contributed by atoms with van der Waals surface area (Å²) in [6.07, 6.45) is 1.57. The van der Waals surface area contributed by atoms with E-state index in [0.717, 1.165) is 5.56 Å². The summed E-state index contributed by atoms with van der Waals surface area (Å²) < 4.78 is 5.73. The highest BCUT2D eigenvalue weighted by molar-refractivity contribution is 6.37. The highest BCUT2D eigenvalue weighted by Crippen LogP contribution is 2.35. The van der Waals surface area contributed by atoms with Crippen LogP contribution in [-0.4, -0.2) is 11.1 Å². The third-order valence-electron chi connectivity index (χ3n) is 3.77. The smallest absolute Gasteiger partial charge is 0.269 e. The fourth-order valence-corrected chi connectivity index (χ4v) is 3.17. The van der Waals surface area contributed by atoms with Gasteiger partial charge in [-0.05, 0) is 35.9 Å². The van der Waals surface area contributed by atoms with E-state index in [0.29, 0.717) is 32.1 Å². The van der Waals surface area contributed by atoms with Gasteiger partial charge >= 0.3 is 0 Å². The second kappa shape index (κ2) is 9.06. The van der Waals surface area contributed by atoms with E-state index in [4.69, 9.17) is 39.5 Å². The Morgan fingerprint density at radius 1 is 0.964 bits per heavy atom. The van der Waals surface area contributed by atoms with E-state index in [9.17, 15) is 10.1 Å². The molecule has 3 aromatic rings. The van der Waals surface area contributed by atoms with Gasteiger partial charge in [-0.25, -0.2) is 0 Å². The van der Waals surface area contributed by atoms with Gasteiger partial charge in [0.15, 0.2) is 5.75 Å². The fraction of sp³-hybridized carbons (Fsp3) is 0.0500. The van der Waals surface area contributed by atoms with Gasteiger partial charge in [0, 0.05) is 28.9 Å². The van der Waals surface area contributed by atoms with Crippen LogP contribution in [0.4, 0.5) is 11.4 Å². The molecular weight excluding hydrogens is 423 g/mol. The summed E-state index contributed by atoms with van der Waals surface area (Å²) in [5, 5.41) is 12.0. The Hall–Kier alpha value is -2.60. The molecule has 0 heterocycles. The van der Waals surface area contributed by atoms with Crippen molar-refractivity contribution in [3.8, 4) is 5.75 Å². The first-order valence-corrected chi connectivity index (χ1v) is 9.21. The minimum absolute atomic E-state index is 0.00469. The van der Waals surface area contributed by atoms with E-state index in [1.54, 1.807) is 36.5 Å². The molecule has 0 aliphatic carbocycles. The SMILES string of the molecule is O=[N+]([O-])c1ccc(N=Cc2cc(Cl)c(OCc3ccccc3Cl)c(Cl)c2)cc1. The van der Waals surface area contributed by atoms with Crippen LogP contribution in [-0.2, 0) is 6.61 Å². The van der Waals surface area contributed by atoms with Crippen molar-refractivity contribution in [2.75, 3.05) is 0 Å². The number of benzene rings is 3. The lowest BCUT2D eigenvalue weighted by Crippen LogP contribution is -1.98. The Morgan fingerprint density at radius 2 is 1.61 bits per heavy atom. The molecule has 0 unspecified atom stereocenters. The molecule has 5 nitrogen and oxygen atoms in total. The maximum absolute atomic E-state index is 10.7. The number of nitro groups is 1. The maximum Gasteiger partial charge on any atom is 0.269 e. The molecule has 0 radical (unpaired) electrons. The van der Waals surface area contributed by atoms with Gasteiger partial charge in [0.1, 0.15) is 6.61 Å². The van der Waals surface area contributed by atoms with Crippen molar-refractivity contribution < 1.29 is 9.66 Å². The molecule has 142 valence electrons. The summed E-state index contributed by atoms with van der Waals surface area (Å²) in [6.45, 7) is 0.231. The van der Waals surface area contributed by atoms with Crippen molar-refractivity contribution in [1.82, 2.24) is 0 Å². The first kappa shape index (κ1) is 20.1. The number of hydrogen-bond donors (Lipinski definition) is 0. The van der Waals surface area contributed by atoms with Crippen molar-refractivity contribution in [2.45, 2.75) is 6.61 Å². The second-order valence-electron chi connectivity index (χ2n) is 5.73. The molecule has 3 rings (SSSR count). The Balaban J connectivity index is 1.74. The fourth-order valence-electron chi connectivity index (χ4n) is 2.37. The molecule has 0 bridgehead atoms. The van der Waals surface area contributed by atoms with E-state index < -0.39 is 4.92 Å². The summed E-state index contributed by atoms with van der Waals surface area (Å²) >= 11 is 18.7. The van der Waals surface area contributed by atoms with E-state index >= 15 is 0 Å². The van der Waals surface area contributed by atoms with Crippen molar-refractivity contribution in [3.63, 3.8) is 0 Å². The molecule has 28 heavy (non-hydrogen) atoms. The quantitative estimate of drug-likeness (QED) is 0.241. The predicted octanol–water partition coefficient (Wildman–Crippen LogP) is 6.88. The minimum Gasteiger partial charge on any atom is -0.486 e. The first-order valence-electron chi connectivity index (χ1n) is 8.08. The third-order valence-corrected chi connectivity index (χ3v) is 4.70. The van der Waals surface area contributed by atoms with Gasteiger partial charge in [-0.3, -0.25) is 15.1 Å². The van der Waals surface area contributed by atoms with Gasteiger partial charge < -0.3 is 4.74 Å². The van der Waals surface area contributed by atoms with Crippen LogP contribution in [0, 0.1) is 10.1 Å². The number of nitro benzene ring substituents is 1. The lowest BCUT2D eigenvalue weighted by atomic mass is 10.2. The van der Waals surface area contributed by atoms with Gasteiger partial charge in [-0.2, -0.15) is 0 Å². The van der Waals surface area contributed by atoms with Crippen LogP contribution in [0.25, 0.3) is 0 Å². The van der Waals surface area contributed by atoms with Crippen LogP contribution >= 0.6 is 34.8 Å². The Labute approximate surface area is 176 Å². The van der Waals surface area contributed by atoms with Crippen molar-refractivity contribution in [3.05, 3.63) is 97.0 Å². The van der Waals surface area contributed by atoms with Crippen LogP contribution in [0.2, 0.25) is 15.1 Å². The van der Waals surface area contributed by atoms with Crippen LogP contribution in [0.3, 0.4) is 0 Å². The van der Waals surface area contributed by atoms with Gasteiger partial charge in [-0.1, -0.05) is 53.0 Å². The molecule has 0 aliphatic rings. The normalized spacial score (nSPS) is 11.0. The molecule has 0 aliphatic heterocycles. The summed E-state index contributed by atoms with van der Waals surface area (Å²) in [6, 6.07) is 16.6. The van der Waals surface area contributed by atoms with Crippen LogP contribution in [0.15, 0.2) is 65.7 Å². The average molecular weight is 436 g/mol. The lowest BCUT2D eigenvalue weighted by Gasteiger charge is -2.11. The standard InChI is InChI=1S/C20H13Cl3N2O3/c21-17-4-2-1-3-14(17)12-28-20-18(22)9-13(10-19(20)23)11-24-15-5-7-16(8-6-15)25(26)27/h1-11H,12H2. The van der Waals surface area contributed by atoms with Crippen molar-refractivity contribution >= 4 is 52.4 Å². The topological polar surface area (TPSA) is 64.7 Å². The number of halogens is 3. The summed E-state index contributed by atoms with van der Waals surface area (Å²) in [7, 11) is 0. The van der Waals surface area contributed by atoms with Crippen LogP contribution < -0.4 is 4.74 Å². The zero-order valence-electron chi connectivity index (χ0n) is 14.3. The number of aliphatic imine (C=N–C) groups is 1. The first-order chi connectivity index (χ1) is 13.4. The molecule has 3 aromatic carbocycles. The van der Waals surface area contributed by atoms with Crippen LogP contribution in [0.5, 0.6) is 5.75 Å². The molecule has 0 amide bonds. The van der Waals surface area contributed by atoms with E-state index in [2.05, 4.69) is 4.99 Å². The number of hydrogen-bond acceptors (Lipinski definition) is 4. The zero-order chi connectivity index (χ0) is 20.1. The molecule has 0 fully saturated rings. The number of ether oxygens (including phenoxy) is 1. The second-order valence-corrected chi connectivity index (χ2v) is 6.95. The maximum atomic E-state index is 10.7. The summed E-state index contributed by atoms with van der Waals surface area (Å²) in [5.74, 6) is 0.357. The minimum atomic E-state index is -0.464. The van der Waals surface area contributed by atoms with Crippen LogP contribution in [0.1, 0.15) is 11.1 Å². The molecule has 0 spiro atoms. The molecule has 0 saturated carbocycles. The molecule has 0 saturated heterocycles. The number of non-ortho nitro benzene ring substituents is 1. The van der Waals surface area contributed by atoms with Gasteiger partial charge in [0.2, 0.25) is 0 Å². The van der Waals surface area contributed by atoms with E-state index in [-0.39, 0.29) is 12.3 Å².